The molecular formula is C6H4BrFN2O3. The Morgan fingerprint density at radius 1 is 1.69 bits per heavy atom. The molecule has 0 atom stereocenters. The SMILES string of the molecule is O=[N+]([O-])c1cc(Br)nc(OCF)c1. The molecule has 5 nitrogen and oxygen atoms in total. The minimum atomic E-state index is -1.07. The summed E-state index contributed by atoms with van der Waals surface area (Å²) in [5.41, 5.74) is -0.203. The van der Waals surface area contributed by atoms with E-state index in [0.29, 0.717) is 0 Å². The quantitative estimate of drug-likeness (QED) is 0.468. The summed E-state index contributed by atoms with van der Waals surface area (Å²) in [6, 6.07) is 2.25. The molecule has 1 aromatic heterocycles. The fraction of sp³-hybridized carbons (Fsp3) is 0.167. The van der Waals surface area contributed by atoms with E-state index in [4.69, 9.17) is 0 Å². The predicted molar refractivity (Wildman–Crippen MR) is 45.2 cm³/mol. The first-order valence-electron chi connectivity index (χ1n) is 3.14. The number of pyridine rings is 1. The van der Waals surface area contributed by atoms with Crippen LogP contribution in [0.15, 0.2) is 16.7 Å². The molecule has 0 aliphatic carbocycles. The molecule has 7 heteroatoms. The number of rotatable bonds is 3. The third-order valence-corrected chi connectivity index (χ3v) is 1.57. The van der Waals surface area contributed by atoms with Crippen molar-refractivity contribution in [3.05, 3.63) is 26.9 Å². The fourth-order valence-electron chi connectivity index (χ4n) is 0.695. The molecule has 0 aromatic carbocycles. The standard InChI is InChI=1S/C6H4BrFN2O3/c7-5-1-4(10(11)12)2-6(9-5)13-3-8/h1-2H,3H2. The number of nitro groups is 1. The monoisotopic (exact) mass is 250 g/mol. The van der Waals surface area contributed by atoms with Crippen molar-refractivity contribution in [1.29, 1.82) is 0 Å². The molecule has 0 amide bonds. The number of aromatic nitrogens is 1. The summed E-state index contributed by atoms with van der Waals surface area (Å²) in [7, 11) is 0. The third kappa shape index (κ3) is 2.62. The molecule has 0 spiro atoms. The topological polar surface area (TPSA) is 65.3 Å². The lowest BCUT2D eigenvalue weighted by Gasteiger charge is -1.99. The molecule has 0 saturated carbocycles. The van der Waals surface area contributed by atoms with E-state index in [1.54, 1.807) is 0 Å². The van der Waals surface area contributed by atoms with Crippen LogP contribution in [0, 0.1) is 10.1 Å². The maximum atomic E-state index is 11.7. The lowest BCUT2D eigenvalue weighted by Crippen LogP contribution is -1.96. The van der Waals surface area contributed by atoms with Gasteiger partial charge in [0.1, 0.15) is 4.60 Å². The summed E-state index contributed by atoms with van der Waals surface area (Å²) in [5, 5.41) is 10.3. The second kappa shape index (κ2) is 4.13. The first-order valence-corrected chi connectivity index (χ1v) is 3.93. The van der Waals surface area contributed by atoms with E-state index >= 15 is 0 Å². The summed E-state index contributed by atoms with van der Waals surface area (Å²) < 4.78 is 16.3. The van der Waals surface area contributed by atoms with Crippen LogP contribution in [-0.4, -0.2) is 16.8 Å². The van der Waals surface area contributed by atoms with Gasteiger partial charge in [-0.2, -0.15) is 0 Å². The van der Waals surface area contributed by atoms with Gasteiger partial charge in [0, 0.05) is 6.07 Å². The van der Waals surface area contributed by atoms with Crippen molar-refractivity contribution >= 4 is 21.6 Å². The second-order valence-electron chi connectivity index (χ2n) is 2.00. The maximum absolute atomic E-state index is 11.7. The molecule has 1 rings (SSSR count). The van der Waals surface area contributed by atoms with Gasteiger partial charge in [0.15, 0.2) is 0 Å². The van der Waals surface area contributed by atoms with E-state index in [2.05, 4.69) is 25.7 Å². The Hall–Kier alpha value is -1.24. The summed E-state index contributed by atoms with van der Waals surface area (Å²) in [5.74, 6) is -0.122. The van der Waals surface area contributed by atoms with Gasteiger partial charge in [-0.3, -0.25) is 10.1 Å². The largest absolute Gasteiger partial charge is 0.446 e. The van der Waals surface area contributed by atoms with Gasteiger partial charge in [0.05, 0.1) is 11.0 Å². The molecule has 1 aromatic rings. The van der Waals surface area contributed by atoms with Gasteiger partial charge in [-0.25, -0.2) is 9.37 Å². The highest BCUT2D eigenvalue weighted by atomic mass is 79.9. The average molecular weight is 251 g/mol. The first-order chi connectivity index (χ1) is 6.13. The van der Waals surface area contributed by atoms with Crippen molar-refractivity contribution in [2.24, 2.45) is 0 Å². The van der Waals surface area contributed by atoms with Gasteiger partial charge in [-0.15, -0.1) is 0 Å². The van der Waals surface area contributed by atoms with Crippen molar-refractivity contribution in [2.75, 3.05) is 6.86 Å². The van der Waals surface area contributed by atoms with Gasteiger partial charge in [-0.05, 0) is 15.9 Å². The zero-order valence-corrected chi connectivity index (χ0v) is 7.82. The van der Waals surface area contributed by atoms with Crippen LogP contribution >= 0.6 is 15.9 Å². The molecule has 70 valence electrons. The zero-order chi connectivity index (χ0) is 9.84. The lowest BCUT2D eigenvalue weighted by atomic mass is 10.4. The van der Waals surface area contributed by atoms with Crippen LogP contribution in [0.4, 0.5) is 10.1 Å². The van der Waals surface area contributed by atoms with E-state index in [0.717, 1.165) is 6.07 Å². The molecule has 0 bridgehead atoms. The van der Waals surface area contributed by atoms with Crippen molar-refractivity contribution in [2.45, 2.75) is 0 Å². The predicted octanol–water partition coefficient (Wildman–Crippen LogP) is 2.06. The van der Waals surface area contributed by atoms with Gasteiger partial charge in [0.2, 0.25) is 12.7 Å². The summed E-state index contributed by atoms with van der Waals surface area (Å²) in [6.07, 6.45) is 0. The third-order valence-electron chi connectivity index (χ3n) is 1.17. The molecule has 13 heavy (non-hydrogen) atoms. The fourth-order valence-corrected chi connectivity index (χ4v) is 1.10. The number of hydrogen-bond acceptors (Lipinski definition) is 4. The maximum Gasteiger partial charge on any atom is 0.277 e. The van der Waals surface area contributed by atoms with Gasteiger partial charge in [0.25, 0.3) is 5.69 Å². The summed E-state index contributed by atoms with van der Waals surface area (Å²) in [6.45, 7) is -1.07. The van der Waals surface area contributed by atoms with Crippen LogP contribution in [0.3, 0.4) is 0 Å². The Balaban J connectivity index is 3.03. The zero-order valence-electron chi connectivity index (χ0n) is 6.24. The Morgan fingerprint density at radius 2 is 2.38 bits per heavy atom. The minimum absolute atomic E-state index is 0.122. The number of halogens is 2. The van der Waals surface area contributed by atoms with E-state index < -0.39 is 11.8 Å². The van der Waals surface area contributed by atoms with Crippen molar-refractivity contribution in [3.8, 4) is 5.88 Å². The lowest BCUT2D eigenvalue weighted by molar-refractivity contribution is -0.385. The molecule has 0 unspecified atom stereocenters. The number of ether oxygens (including phenoxy) is 1. The molecule has 0 saturated heterocycles. The van der Waals surface area contributed by atoms with Crippen molar-refractivity contribution in [3.63, 3.8) is 0 Å². The highest BCUT2D eigenvalue weighted by Crippen LogP contribution is 2.22. The molecule has 0 aliphatic rings. The molecule has 0 radical (unpaired) electrons. The van der Waals surface area contributed by atoms with E-state index in [1.165, 1.54) is 6.07 Å². The van der Waals surface area contributed by atoms with E-state index in [9.17, 15) is 14.5 Å². The van der Waals surface area contributed by atoms with Gasteiger partial charge < -0.3 is 4.74 Å². The first kappa shape index (κ1) is 9.85. The van der Waals surface area contributed by atoms with E-state index in [1.807, 2.05) is 0 Å². The Labute approximate surface area is 80.8 Å². The number of hydrogen-bond donors (Lipinski definition) is 0. The Bertz CT molecular complexity index is 334. The highest BCUT2D eigenvalue weighted by Gasteiger charge is 2.10. The summed E-state index contributed by atoms with van der Waals surface area (Å²) >= 11 is 2.93. The van der Waals surface area contributed by atoms with Crippen LogP contribution in [0.2, 0.25) is 0 Å². The van der Waals surface area contributed by atoms with Gasteiger partial charge >= 0.3 is 0 Å². The smallest absolute Gasteiger partial charge is 0.277 e. The normalized spacial score (nSPS) is 9.69. The minimum Gasteiger partial charge on any atom is -0.446 e. The highest BCUT2D eigenvalue weighted by molar-refractivity contribution is 9.10. The van der Waals surface area contributed by atoms with E-state index in [-0.39, 0.29) is 16.2 Å². The van der Waals surface area contributed by atoms with Crippen LogP contribution in [0.5, 0.6) is 5.88 Å². The number of alkyl halides is 1. The molecular weight excluding hydrogens is 247 g/mol. The van der Waals surface area contributed by atoms with Crippen LogP contribution in [0.25, 0.3) is 0 Å². The Morgan fingerprint density at radius 3 is 2.92 bits per heavy atom. The van der Waals surface area contributed by atoms with Crippen LogP contribution in [0.1, 0.15) is 0 Å². The van der Waals surface area contributed by atoms with Crippen molar-refractivity contribution in [1.82, 2.24) is 4.98 Å². The molecule has 1 heterocycles. The Kier molecular flexibility index (Phi) is 3.13. The van der Waals surface area contributed by atoms with Crippen molar-refractivity contribution < 1.29 is 14.1 Å². The van der Waals surface area contributed by atoms with Crippen LogP contribution in [-0.2, 0) is 0 Å². The van der Waals surface area contributed by atoms with Crippen LogP contribution < -0.4 is 4.74 Å². The average Bonchev–Trinajstić information content (AvgIpc) is 2.03. The molecule has 0 aliphatic heterocycles. The number of nitrogens with zero attached hydrogens (tertiary/aromatic N) is 2. The second-order valence-corrected chi connectivity index (χ2v) is 2.81. The molecule has 0 N–H and O–H groups in total. The van der Waals surface area contributed by atoms with Gasteiger partial charge in [-0.1, -0.05) is 0 Å². The molecule has 0 fully saturated rings. The summed E-state index contributed by atoms with van der Waals surface area (Å²) in [4.78, 5) is 13.4.